The first kappa shape index (κ1) is 14.0. The largest absolute Gasteiger partial charge is 0.480 e. The van der Waals surface area contributed by atoms with Crippen molar-refractivity contribution in [1.82, 2.24) is 4.90 Å². The third-order valence-corrected chi connectivity index (χ3v) is 6.12. The van der Waals surface area contributed by atoms with Crippen LogP contribution in [0.3, 0.4) is 0 Å². The number of imide groups is 1. The summed E-state index contributed by atoms with van der Waals surface area (Å²) in [6.45, 7) is 1.98. The van der Waals surface area contributed by atoms with E-state index >= 15 is 0 Å². The van der Waals surface area contributed by atoms with Crippen LogP contribution in [0.2, 0.25) is 0 Å². The van der Waals surface area contributed by atoms with Crippen LogP contribution in [0.5, 0.6) is 0 Å². The summed E-state index contributed by atoms with van der Waals surface area (Å²) in [5.74, 6) is -0.710. The number of amides is 2. The minimum Gasteiger partial charge on any atom is -0.480 e. The van der Waals surface area contributed by atoms with Gasteiger partial charge in [-0.1, -0.05) is 31.9 Å². The molecular weight excluding hydrogens is 282 g/mol. The molecule has 7 atom stereocenters. The van der Waals surface area contributed by atoms with Crippen LogP contribution in [0.25, 0.3) is 0 Å². The van der Waals surface area contributed by atoms with E-state index in [9.17, 15) is 19.5 Å². The smallest absolute Gasteiger partial charge is 0.326 e. The second kappa shape index (κ2) is 4.67. The van der Waals surface area contributed by atoms with E-state index in [0.29, 0.717) is 24.7 Å². The molecule has 0 aromatic heterocycles. The molecule has 1 heterocycles. The average molecular weight is 303 g/mol. The van der Waals surface area contributed by atoms with E-state index in [2.05, 4.69) is 12.2 Å². The lowest BCUT2D eigenvalue weighted by atomic mass is 9.63. The number of carbonyl (C=O) groups is 3. The molecule has 1 aliphatic heterocycles. The number of unbranched alkanes of at least 4 members (excludes halogenated alkanes) is 1. The fourth-order valence-corrected chi connectivity index (χ4v) is 5.05. The number of carboxylic acid groups (broad SMARTS) is 1. The van der Waals surface area contributed by atoms with Crippen LogP contribution in [-0.2, 0) is 14.4 Å². The lowest BCUT2D eigenvalue weighted by Crippen LogP contribution is -2.45. The van der Waals surface area contributed by atoms with E-state index in [1.807, 2.05) is 6.92 Å². The van der Waals surface area contributed by atoms with Gasteiger partial charge in [-0.3, -0.25) is 14.5 Å². The maximum atomic E-state index is 12.8. The molecule has 3 fully saturated rings. The molecule has 2 saturated carbocycles. The zero-order chi connectivity index (χ0) is 15.6. The third-order valence-electron chi connectivity index (χ3n) is 6.12. The highest BCUT2D eigenvalue weighted by Gasteiger charge is 2.67. The van der Waals surface area contributed by atoms with Gasteiger partial charge >= 0.3 is 5.97 Å². The minimum atomic E-state index is -1.06. The fraction of sp³-hybridized carbons (Fsp3) is 0.706. The molecule has 0 unspecified atom stereocenters. The molecule has 0 radical (unpaired) electrons. The van der Waals surface area contributed by atoms with Gasteiger partial charge in [0.25, 0.3) is 0 Å². The maximum absolute atomic E-state index is 12.8. The van der Waals surface area contributed by atoms with Gasteiger partial charge in [0.05, 0.1) is 11.8 Å². The summed E-state index contributed by atoms with van der Waals surface area (Å²) >= 11 is 0. The van der Waals surface area contributed by atoms with Crippen molar-refractivity contribution in [1.29, 1.82) is 0 Å². The Kier molecular flexibility index (Phi) is 2.97. The standard InChI is InChI=1S/C17H21NO4/c1-2-3-4-12(17(21)22)18-15(19)13-8-5-6-9(11-7-10(8)11)14(13)16(18)20/h5-6,8-14H,2-4,7H2,1H3,(H,21,22)/t8-,9-,10-,11-,12-,13-,14+/m1/s1. The maximum Gasteiger partial charge on any atom is 0.326 e. The van der Waals surface area contributed by atoms with Crippen LogP contribution in [0.1, 0.15) is 32.6 Å². The highest BCUT2D eigenvalue weighted by atomic mass is 16.4. The van der Waals surface area contributed by atoms with Crippen LogP contribution >= 0.6 is 0 Å². The van der Waals surface area contributed by atoms with Crippen molar-refractivity contribution in [2.75, 3.05) is 0 Å². The van der Waals surface area contributed by atoms with Gasteiger partial charge in [0.1, 0.15) is 6.04 Å². The molecule has 5 heteroatoms. The van der Waals surface area contributed by atoms with Crippen LogP contribution < -0.4 is 0 Å². The van der Waals surface area contributed by atoms with Crippen molar-refractivity contribution < 1.29 is 19.5 Å². The van der Waals surface area contributed by atoms with E-state index in [4.69, 9.17) is 0 Å². The third kappa shape index (κ3) is 1.68. The Morgan fingerprint density at radius 2 is 1.77 bits per heavy atom. The van der Waals surface area contributed by atoms with E-state index in [1.165, 1.54) is 0 Å². The molecule has 5 aliphatic rings. The predicted molar refractivity (Wildman–Crippen MR) is 77.5 cm³/mol. The molecule has 2 bridgehead atoms. The number of hydrogen-bond donors (Lipinski definition) is 1. The first-order valence-electron chi connectivity index (χ1n) is 8.34. The number of nitrogens with zero attached hydrogens (tertiary/aromatic N) is 1. The number of carbonyl (C=O) groups excluding carboxylic acids is 2. The van der Waals surface area contributed by atoms with Crippen molar-refractivity contribution in [3.8, 4) is 0 Å². The number of aliphatic carboxylic acids is 1. The summed E-state index contributed by atoms with van der Waals surface area (Å²) in [5, 5.41) is 9.48. The van der Waals surface area contributed by atoms with Gasteiger partial charge in [-0.15, -0.1) is 0 Å². The molecule has 0 aromatic carbocycles. The van der Waals surface area contributed by atoms with Gasteiger partial charge in [-0.2, -0.15) is 0 Å². The summed E-state index contributed by atoms with van der Waals surface area (Å²) in [5.41, 5.74) is 0. The zero-order valence-electron chi connectivity index (χ0n) is 12.6. The second-order valence-corrected chi connectivity index (χ2v) is 7.20. The van der Waals surface area contributed by atoms with Gasteiger partial charge in [0, 0.05) is 0 Å². The number of allylic oxidation sites excluding steroid dienone is 2. The summed E-state index contributed by atoms with van der Waals surface area (Å²) < 4.78 is 0. The predicted octanol–water partition coefficient (Wildman–Crippen LogP) is 1.68. The molecule has 0 spiro atoms. The van der Waals surface area contributed by atoms with Crippen molar-refractivity contribution in [3.63, 3.8) is 0 Å². The minimum absolute atomic E-state index is 0.155. The van der Waals surface area contributed by atoms with Crippen LogP contribution in [-0.4, -0.2) is 33.8 Å². The lowest BCUT2D eigenvalue weighted by Gasteiger charge is -2.37. The number of rotatable bonds is 5. The normalized spacial score (nSPS) is 42.3. The highest BCUT2D eigenvalue weighted by molar-refractivity contribution is 6.08. The van der Waals surface area contributed by atoms with E-state index < -0.39 is 12.0 Å². The fourth-order valence-electron chi connectivity index (χ4n) is 5.05. The summed E-state index contributed by atoms with van der Waals surface area (Å²) in [6, 6.07) is -0.985. The molecule has 2 amide bonds. The van der Waals surface area contributed by atoms with Crippen molar-refractivity contribution >= 4 is 17.8 Å². The van der Waals surface area contributed by atoms with E-state index in [1.54, 1.807) is 0 Å². The quantitative estimate of drug-likeness (QED) is 0.619. The van der Waals surface area contributed by atoms with Crippen LogP contribution in [0.15, 0.2) is 12.2 Å². The molecule has 22 heavy (non-hydrogen) atoms. The summed E-state index contributed by atoms with van der Waals surface area (Å²) in [4.78, 5) is 38.3. The Balaban J connectivity index is 1.65. The van der Waals surface area contributed by atoms with Crippen LogP contribution in [0.4, 0.5) is 0 Å². The topological polar surface area (TPSA) is 74.7 Å². The van der Waals surface area contributed by atoms with Gasteiger partial charge in [0.15, 0.2) is 0 Å². The highest BCUT2D eigenvalue weighted by Crippen LogP contribution is 2.65. The molecule has 118 valence electrons. The monoisotopic (exact) mass is 303 g/mol. The number of carboxylic acids is 1. The Bertz CT molecular complexity index is 547. The lowest BCUT2D eigenvalue weighted by molar-refractivity contribution is -0.155. The molecular formula is C17H21NO4. The van der Waals surface area contributed by atoms with E-state index in [0.717, 1.165) is 17.7 Å². The Morgan fingerprint density at radius 1 is 1.23 bits per heavy atom. The van der Waals surface area contributed by atoms with Crippen molar-refractivity contribution in [3.05, 3.63) is 12.2 Å². The number of hydrogen-bond acceptors (Lipinski definition) is 3. The van der Waals surface area contributed by atoms with Crippen LogP contribution in [0, 0.1) is 35.5 Å². The Labute approximate surface area is 129 Å². The molecule has 5 rings (SSSR count). The van der Waals surface area contributed by atoms with Gasteiger partial charge < -0.3 is 5.11 Å². The van der Waals surface area contributed by atoms with Crippen molar-refractivity contribution in [2.45, 2.75) is 38.6 Å². The molecule has 1 saturated heterocycles. The number of likely N-dealkylation sites (tertiary alicyclic amines) is 1. The van der Waals surface area contributed by atoms with E-state index in [-0.39, 0.29) is 35.5 Å². The zero-order valence-corrected chi connectivity index (χ0v) is 12.6. The van der Waals surface area contributed by atoms with Crippen molar-refractivity contribution in [2.24, 2.45) is 35.5 Å². The molecule has 0 aromatic rings. The van der Waals surface area contributed by atoms with Gasteiger partial charge in [-0.05, 0) is 36.5 Å². The summed E-state index contributed by atoms with van der Waals surface area (Å²) in [7, 11) is 0. The Morgan fingerprint density at radius 3 is 2.23 bits per heavy atom. The van der Waals surface area contributed by atoms with Gasteiger partial charge in [-0.25, -0.2) is 4.79 Å². The van der Waals surface area contributed by atoms with Gasteiger partial charge in [0.2, 0.25) is 11.8 Å². The SMILES string of the molecule is CCCC[C@H](C(=O)O)N1C(=O)[C@@H]2[C@@H]3C=C[C@H]([C@H]4C[C@H]34)[C@@H]2C1=O. The molecule has 5 nitrogen and oxygen atoms in total. The summed E-state index contributed by atoms with van der Waals surface area (Å²) in [6.07, 6.45) is 7.25. The first-order valence-corrected chi connectivity index (χ1v) is 8.34. The molecule has 4 aliphatic carbocycles. The average Bonchev–Trinajstić information content (AvgIpc) is 3.27. The first-order chi connectivity index (χ1) is 10.6. The molecule has 1 N–H and O–H groups in total. The Hall–Kier alpha value is -1.65. The second-order valence-electron chi connectivity index (χ2n) is 7.20.